The molecule has 1 nitrogen and oxygen atoms in total. The highest BCUT2D eigenvalue weighted by atomic mass is 14.8. The Morgan fingerprint density at radius 2 is 1.82 bits per heavy atom. The van der Waals surface area contributed by atoms with Crippen molar-refractivity contribution in [2.45, 2.75) is 33.6 Å². The Hall–Kier alpha value is -1.08. The smallest absolute Gasteiger partial charge is 0.0162 e. The first-order valence-corrected chi connectivity index (χ1v) is 6.52. The van der Waals surface area contributed by atoms with Gasteiger partial charge >= 0.3 is 0 Å². The van der Waals surface area contributed by atoms with E-state index in [4.69, 9.17) is 0 Å². The number of hydrogen-bond acceptors (Lipinski definition) is 1. The fourth-order valence-electron chi connectivity index (χ4n) is 1.90. The largest absolute Gasteiger partial charge is 0.313 e. The SMILES string of the molecule is C/C(=C\C(C)c1ccccc1)CNCC(C)C. The van der Waals surface area contributed by atoms with Gasteiger partial charge in [0.2, 0.25) is 0 Å². The van der Waals surface area contributed by atoms with E-state index in [9.17, 15) is 0 Å². The Morgan fingerprint density at radius 3 is 2.41 bits per heavy atom. The highest BCUT2D eigenvalue weighted by Crippen LogP contribution is 2.17. The van der Waals surface area contributed by atoms with Gasteiger partial charge in [-0.2, -0.15) is 0 Å². The van der Waals surface area contributed by atoms with Crippen molar-refractivity contribution in [2.24, 2.45) is 5.92 Å². The zero-order valence-electron chi connectivity index (χ0n) is 11.5. The van der Waals surface area contributed by atoms with Crippen LogP contribution in [0.1, 0.15) is 39.2 Å². The third kappa shape index (κ3) is 5.69. The van der Waals surface area contributed by atoms with Gasteiger partial charge in [-0.05, 0) is 30.9 Å². The van der Waals surface area contributed by atoms with Crippen molar-refractivity contribution in [3.05, 3.63) is 47.5 Å². The topological polar surface area (TPSA) is 12.0 Å². The summed E-state index contributed by atoms with van der Waals surface area (Å²) in [7, 11) is 0. The molecule has 1 atom stereocenters. The maximum atomic E-state index is 3.47. The minimum absolute atomic E-state index is 0.497. The van der Waals surface area contributed by atoms with Crippen LogP contribution >= 0.6 is 0 Å². The van der Waals surface area contributed by atoms with E-state index in [0.717, 1.165) is 13.1 Å². The number of rotatable bonds is 6. The van der Waals surface area contributed by atoms with Crippen LogP contribution in [0.4, 0.5) is 0 Å². The van der Waals surface area contributed by atoms with E-state index >= 15 is 0 Å². The van der Waals surface area contributed by atoms with Gasteiger partial charge in [-0.15, -0.1) is 0 Å². The number of nitrogens with one attached hydrogen (secondary N) is 1. The fourth-order valence-corrected chi connectivity index (χ4v) is 1.90. The summed E-state index contributed by atoms with van der Waals surface area (Å²) in [5, 5.41) is 3.47. The standard InChI is InChI=1S/C16H25N/c1-13(2)11-17-12-14(3)10-15(4)16-8-6-5-7-9-16/h5-10,13,15,17H,11-12H2,1-4H3/b14-10+. The second kappa shape index (κ2) is 7.29. The van der Waals surface area contributed by atoms with Gasteiger partial charge in [-0.1, -0.05) is 62.8 Å². The number of hydrogen-bond donors (Lipinski definition) is 1. The third-order valence-corrected chi connectivity index (χ3v) is 2.82. The van der Waals surface area contributed by atoms with Gasteiger partial charge in [0.05, 0.1) is 0 Å². The molecular weight excluding hydrogens is 206 g/mol. The molecule has 0 aliphatic rings. The Morgan fingerprint density at radius 1 is 1.18 bits per heavy atom. The average Bonchev–Trinajstić information content (AvgIpc) is 2.29. The van der Waals surface area contributed by atoms with Gasteiger partial charge in [0, 0.05) is 6.54 Å². The van der Waals surface area contributed by atoms with Crippen molar-refractivity contribution in [1.82, 2.24) is 5.32 Å². The summed E-state index contributed by atoms with van der Waals surface area (Å²) >= 11 is 0. The summed E-state index contributed by atoms with van der Waals surface area (Å²) in [5.74, 6) is 1.21. The second-order valence-corrected chi connectivity index (χ2v) is 5.24. The number of allylic oxidation sites excluding steroid dienone is 1. The fraction of sp³-hybridized carbons (Fsp3) is 0.500. The molecule has 1 aromatic carbocycles. The van der Waals surface area contributed by atoms with Crippen LogP contribution in [0.3, 0.4) is 0 Å². The molecule has 17 heavy (non-hydrogen) atoms. The highest BCUT2D eigenvalue weighted by molar-refractivity contribution is 5.24. The Balaban J connectivity index is 2.45. The van der Waals surface area contributed by atoms with E-state index in [1.165, 1.54) is 11.1 Å². The lowest BCUT2D eigenvalue weighted by molar-refractivity contribution is 0.571. The minimum Gasteiger partial charge on any atom is -0.313 e. The molecule has 1 rings (SSSR count). The van der Waals surface area contributed by atoms with E-state index in [1.807, 2.05) is 0 Å². The first-order valence-electron chi connectivity index (χ1n) is 6.52. The zero-order valence-corrected chi connectivity index (χ0v) is 11.5. The second-order valence-electron chi connectivity index (χ2n) is 5.24. The Labute approximate surface area is 106 Å². The van der Waals surface area contributed by atoms with Crippen LogP contribution in [0.15, 0.2) is 42.0 Å². The summed E-state index contributed by atoms with van der Waals surface area (Å²) in [6.45, 7) is 11.0. The van der Waals surface area contributed by atoms with Crippen LogP contribution in [0.25, 0.3) is 0 Å². The van der Waals surface area contributed by atoms with E-state index < -0.39 is 0 Å². The summed E-state index contributed by atoms with van der Waals surface area (Å²) in [5.41, 5.74) is 2.80. The monoisotopic (exact) mass is 231 g/mol. The molecule has 0 aliphatic heterocycles. The maximum Gasteiger partial charge on any atom is 0.0162 e. The molecule has 0 saturated heterocycles. The lowest BCUT2D eigenvalue weighted by atomic mass is 9.99. The van der Waals surface area contributed by atoms with Gasteiger partial charge in [0.1, 0.15) is 0 Å². The third-order valence-electron chi connectivity index (χ3n) is 2.82. The van der Waals surface area contributed by atoms with Gasteiger partial charge in [-0.3, -0.25) is 0 Å². The van der Waals surface area contributed by atoms with E-state index in [-0.39, 0.29) is 0 Å². The maximum absolute atomic E-state index is 3.47. The van der Waals surface area contributed by atoms with Crippen molar-refractivity contribution in [2.75, 3.05) is 13.1 Å². The van der Waals surface area contributed by atoms with Gasteiger partial charge in [-0.25, -0.2) is 0 Å². The van der Waals surface area contributed by atoms with Crippen molar-refractivity contribution in [3.8, 4) is 0 Å². The summed E-state index contributed by atoms with van der Waals surface area (Å²) in [4.78, 5) is 0. The van der Waals surface area contributed by atoms with Gasteiger partial charge in [0.15, 0.2) is 0 Å². The molecule has 0 heterocycles. The van der Waals surface area contributed by atoms with E-state index in [2.05, 4.69) is 69.4 Å². The molecule has 0 spiro atoms. The molecule has 94 valence electrons. The van der Waals surface area contributed by atoms with Crippen LogP contribution in [-0.4, -0.2) is 13.1 Å². The van der Waals surface area contributed by atoms with E-state index in [1.54, 1.807) is 0 Å². The van der Waals surface area contributed by atoms with Crippen molar-refractivity contribution in [3.63, 3.8) is 0 Å². The van der Waals surface area contributed by atoms with Crippen molar-refractivity contribution < 1.29 is 0 Å². The van der Waals surface area contributed by atoms with Crippen molar-refractivity contribution >= 4 is 0 Å². The lowest BCUT2D eigenvalue weighted by Crippen LogP contribution is -2.21. The minimum atomic E-state index is 0.497. The average molecular weight is 231 g/mol. The first-order chi connectivity index (χ1) is 8.09. The molecule has 0 aliphatic carbocycles. The summed E-state index contributed by atoms with van der Waals surface area (Å²) < 4.78 is 0. The summed E-state index contributed by atoms with van der Waals surface area (Å²) in [6.07, 6.45) is 2.35. The predicted octanol–water partition coefficient (Wildman–Crippen LogP) is 3.98. The van der Waals surface area contributed by atoms with Crippen LogP contribution in [0.5, 0.6) is 0 Å². The van der Waals surface area contributed by atoms with Crippen LogP contribution in [-0.2, 0) is 0 Å². The highest BCUT2D eigenvalue weighted by Gasteiger charge is 2.01. The van der Waals surface area contributed by atoms with Gasteiger partial charge < -0.3 is 5.32 Å². The molecule has 0 saturated carbocycles. The molecule has 1 N–H and O–H groups in total. The Kier molecular flexibility index (Phi) is 5.99. The van der Waals surface area contributed by atoms with Crippen LogP contribution < -0.4 is 5.32 Å². The molecule has 1 unspecified atom stereocenters. The van der Waals surface area contributed by atoms with Crippen molar-refractivity contribution in [1.29, 1.82) is 0 Å². The zero-order chi connectivity index (χ0) is 12.7. The quantitative estimate of drug-likeness (QED) is 0.730. The molecule has 1 heteroatoms. The normalized spacial score (nSPS) is 14.1. The molecule has 1 aromatic rings. The molecule has 0 radical (unpaired) electrons. The van der Waals surface area contributed by atoms with Crippen LogP contribution in [0, 0.1) is 5.92 Å². The molecule has 0 aromatic heterocycles. The Bertz CT molecular complexity index is 338. The molecule has 0 fully saturated rings. The lowest BCUT2D eigenvalue weighted by Gasteiger charge is -2.11. The number of benzene rings is 1. The predicted molar refractivity (Wildman–Crippen MR) is 76.3 cm³/mol. The molecule has 0 bridgehead atoms. The van der Waals surface area contributed by atoms with Gasteiger partial charge in [0.25, 0.3) is 0 Å². The molecule has 0 amide bonds. The first kappa shape index (κ1) is 14.0. The van der Waals surface area contributed by atoms with E-state index in [0.29, 0.717) is 11.8 Å². The molecular formula is C16H25N. The summed E-state index contributed by atoms with van der Waals surface area (Å²) in [6, 6.07) is 10.7. The van der Waals surface area contributed by atoms with Crippen LogP contribution in [0.2, 0.25) is 0 Å².